The molecule has 2 aromatic rings. The molecular formula is C14H16BrNO2. The summed E-state index contributed by atoms with van der Waals surface area (Å²) < 4.78 is 6.36. The van der Waals surface area contributed by atoms with Crippen LogP contribution in [0.4, 0.5) is 0 Å². The number of hydrogen-bond donors (Lipinski definition) is 1. The highest BCUT2D eigenvalue weighted by atomic mass is 79.9. The first-order chi connectivity index (χ1) is 8.29. The first kappa shape index (κ1) is 13.1. The van der Waals surface area contributed by atoms with Crippen LogP contribution in [-0.4, -0.2) is 16.6 Å². The van der Waals surface area contributed by atoms with E-state index in [4.69, 9.17) is 4.74 Å². The normalized spacial score (nSPS) is 11.8. The molecule has 0 atom stereocenters. The summed E-state index contributed by atoms with van der Waals surface area (Å²) in [5.74, 6) is -0.317. The van der Waals surface area contributed by atoms with E-state index >= 15 is 0 Å². The van der Waals surface area contributed by atoms with Crippen molar-refractivity contribution in [3.05, 3.63) is 33.9 Å². The molecule has 1 N–H and O–H groups in total. The van der Waals surface area contributed by atoms with Gasteiger partial charge in [0.05, 0.1) is 0 Å². The molecule has 0 spiro atoms. The maximum atomic E-state index is 12.1. The minimum Gasteiger partial charge on any atom is -0.455 e. The number of aromatic amines is 1. The van der Waals surface area contributed by atoms with Gasteiger partial charge in [-0.2, -0.15) is 0 Å². The van der Waals surface area contributed by atoms with Gasteiger partial charge in [-0.15, -0.1) is 0 Å². The van der Waals surface area contributed by atoms with Gasteiger partial charge in [0.1, 0.15) is 11.3 Å². The number of benzene rings is 1. The molecule has 4 heteroatoms. The van der Waals surface area contributed by atoms with E-state index in [2.05, 4.69) is 20.9 Å². The van der Waals surface area contributed by atoms with Gasteiger partial charge in [-0.3, -0.25) is 0 Å². The van der Waals surface area contributed by atoms with Crippen molar-refractivity contribution in [3.63, 3.8) is 0 Å². The summed E-state index contributed by atoms with van der Waals surface area (Å²) in [6.45, 7) is 7.50. The predicted octanol–water partition coefficient (Wildman–Crippen LogP) is 4.19. The van der Waals surface area contributed by atoms with Gasteiger partial charge in [-0.25, -0.2) is 4.79 Å². The third-order valence-corrected chi connectivity index (χ3v) is 3.29. The lowest BCUT2D eigenvalue weighted by Crippen LogP contribution is -2.24. The highest BCUT2D eigenvalue weighted by Gasteiger charge is 2.22. The average Bonchev–Trinajstić information content (AvgIpc) is 2.55. The number of carbonyl (C=O) groups excluding carboxylic acids is 1. The zero-order valence-electron chi connectivity index (χ0n) is 10.9. The molecule has 0 saturated heterocycles. The first-order valence-electron chi connectivity index (χ1n) is 5.80. The maximum absolute atomic E-state index is 12.1. The Hall–Kier alpha value is -1.29. The monoisotopic (exact) mass is 309 g/mol. The lowest BCUT2D eigenvalue weighted by molar-refractivity contribution is 0.00631. The molecule has 0 saturated carbocycles. The van der Waals surface area contributed by atoms with Crippen molar-refractivity contribution in [1.29, 1.82) is 0 Å². The Kier molecular flexibility index (Phi) is 3.23. The minimum atomic E-state index is -0.488. The summed E-state index contributed by atoms with van der Waals surface area (Å²) in [5.41, 5.74) is 1.87. The molecule has 96 valence electrons. The van der Waals surface area contributed by atoms with Crippen LogP contribution >= 0.6 is 15.9 Å². The van der Waals surface area contributed by atoms with Crippen molar-refractivity contribution in [1.82, 2.24) is 4.98 Å². The number of fused-ring (bicyclic) bond motifs is 1. The lowest BCUT2D eigenvalue weighted by Gasteiger charge is -2.19. The topological polar surface area (TPSA) is 42.1 Å². The zero-order chi connectivity index (χ0) is 13.5. The van der Waals surface area contributed by atoms with Gasteiger partial charge in [0.2, 0.25) is 0 Å². The van der Waals surface area contributed by atoms with Crippen molar-refractivity contribution in [2.75, 3.05) is 0 Å². The van der Waals surface area contributed by atoms with Crippen LogP contribution in [0.25, 0.3) is 10.9 Å². The predicted molar refractivity (Wildman–Crippen MR) is 75.9 cm³/mol. The molecule has 2 rings (SSSR count). The lowest BCUT2D eigenvalue weighted by atomic mass is 10.1. The molecule has 0 fully saturated rings. The summed E-state index contributed by atoms with van der Waals surface area (Å²) in [5, 5.41) is 1.03. The number of aryl methyl sites for hydroxylation is 1. The van der Waals surface area contributed by atoms with Crippen LogP contribution in [0.1, 0.15) is 36.8 Å². The van der Waals surface area contributed by atoms with Gasteiger partial charge < -0.3 is 9.72 Å². The number of esters is 1. The van der Waals surface area contributed by atoms with E-state index in [1.165, 1.54) is 0 Å². The molecule has 0 unspecified atom stereocenters. The van der Waals surface area contributed by atoms with E-state index in [9.17, 15) is 4.79 Å². The van der Waals surface area contributed by atoms with Crippen LogP contribution < -0.4 is 0 Å². The second-order valence-electron chi connectivity index (χ2n) is 5.29. The van der Waals surface area contributed by atoms with E-state index in [0.29, 0.717) is 5.69 Å². The average molecular weight is 310 g/mol. The van der Waals surface area contributed by atoms with Crippen LogP contribution in [0.3, 0.4) is 0 Å². The fourth-order valence-corrected chi connectivity index (χ4v) is 2.56. The molecule has 18 heavy (non-hydrogen) atoms. The number of ether oxygens (including phenoxy) is 1. The van der Waals surface area contributed by atoms with Crippen molar-refractivity contribution >= 4 is 32.8 Å². The molecule has 0 aliphatic carbocycles. The molecule has 1 aromatic heterocycles. The summed E-state index contributed by atoms with van der Waals surface area (Å²) in [7, 11) is 0. The van der Waals surface area contributed by atoms with E-state index in [-0.39, 0.29) is 5.97 Å². The Labute approximate surface area is 115 Å². The number of halogens is 1. The van der Waals surface area contributed by atoms with Crippen molar-refractivity contribution in [3.8, 4) is 0 Å². The highest BCUT2D eigenvalue weighted by Crippen LogP contribution is 2.29. The van der Waals surface area contributed by atoms with Crippen LogP contribution in [0.5, 0.6) is 0 Å². The van der Waals surface area contributed by atoms with Crippen molar-refractivity contribution in [2.45, 2.75) is 33.3 Å². The third-order valence-electron chi connectivity index (χ3n) is 2.63. The smallest absolute Gasteiger partial charge is 0.355 e. The molecular weight excluding hydrogens is 294 g/mol. The summed E-state index contributed by atoms with van der Waals surface area (Å²) >= 11 is 3.50. The molecule has 1 heterocycles. The van der Waals surface area contributed by atoms with Gasteiger partial charge in [0.15, 0.2) is 0 Å². The fraction of sp³-hybridized carbons (Fsp3) is 0.357. The molecule has 0 radical (unpaired) electrons. The van der Waals surface area contributed by atoms with Crippen LogP contribution in [0, 0.1) is 6.92 Å². The molecule has 0 aliphatic heterocycles. The largest absolute Gasteiger partial charge is 0.455 e. The second-order valence-corrected chi connectivity index (χ2v) is 6.14. The number of hydrogen-bond acceptors (Lipinski definition) is 2. The first-order valence-corrected chi connectivity index (χ1v) is 6.59. The second kappa shape index (κ2) is 4.43. The Morgan fingerprint density at radius 1 is 1.33 bits per heavy atom. The van der Waals surface area contributed by atoms with Crippen molar-refractivity contribution < 1.29 is 9.53 Å². The minimum absolute atomic E-state index is 0.317. The standard InChI is InChI=1S/C14H16BrNO2/c1-8-11-9(15)6-5-7-10(11)16-12(8)13(17)18-14(2,3)4/h5-7,16H,1-4H3. The Morgan fingerprint density at radius 3 is 2.56 bits per heavy atom. The third kappa shape index (κ3) is 2.43. The number of aromatic nitrogens is 1. The van der Waals surface area contributed by atoms with Crippen LogP contribution in [0.2, 0.25) is 0 Å². The number of nitrogens with one attached hydrogen (secondary N) is 1. The molecule has 0 aliphatic rings. The van der Waals surface area contributed by atoms with E-state index in [1.807, 2.05) is 45.9 Å². The van der Waals surface area contributed by atoms with Gasteiger partial charge >= 0.3 is 5.97 Å². The SMILES string of the molecule is Cc1c(C(=O)OC(C)(C)C)[nH]c2cccc(Br)c12. The van der Waals surface area contributed by atoms with Crippen LogP contribution in [-0.2, 0) is 4.74 Å². The summed E-state index contributed by atoms with van der Waals surface area (Å²) in [6, 6.07) is 5.84. The van der Waals surface area contributed by atoms with Crippen molar-refractivity contribution in [2.24, 2.45) is 0 Å². The quantitative estimate of drug-likeness (QED) is 0.802. The summed E-state index contributed by atoms with van der Waals surface area (Å²) in [6.07, 6.45) is 0. The van der Waals surface area contributed by atoms with E-state index in [1.54, 1.807) is 0 Å². The van der Waals surface area contributed by atoms with E-state index < -0.39 is 5.60 Å². The molecule has 0 amide bonds. The molecule has 1 aromatic carbocycles. The van der Waals surface area contributed by atoms with Crippen LogP contribution in [0.15, 0.2) is 22.7 Å². The zero-order valence-corrected chi connectivity index (χ0v) is 12.5. The molecule has 0 bridgehead atoms. The fourth-order valence-electron chi connectivity index (χ4n) is 1.90. The number of H-pyrrole nitrogens is 1. The Bertz CT molecular complexity index is 608. The molecule has 3 nitrogen and oxygen atoms in total. The van der Waals surface area contributed by atoms with Gasteiger partial charge in [-0.1, -0.05) is 22.0 Å². The maximum Gasteiger partial charge on any atom is 0.355 e. The number of carbonyl (C=O) groups is 1. The van der Waals surface area contributed by atoms with Gasteiger partial charge in [0, 0.05) is 15.4 Å². The highest BCUT2D eigenvalue weighted by molar-refractivity contribution is 9.10. The Morgan fingerprint density at radius 2 is 2.00 bits per heavy atom. The van der Waals surface area contributed by atoms with Gasteiger partial charge in [-0.05, 0) is 45.4 Å². The van der Waals surface area contributed by atoms with E-state index in [0.717, 1.165) is 20.9 Å². The Balaban J connectivity index is 2.50. The van der Waals surface area contributed by atoms with Gasteiger partial charge in [0.25, 0.3) is 0 Å². The number of rotatable bonds is 1. The summed E-state index contributed by atoms with van der Waals surface area (Å²) in [4.78, 5) is 15.2.